The first-order chi connectivity index (χ1) is 14.4. The molecule has 6 nitrogen and oxygen atoms in total. The molecule has 2 aromatic rings. The molecule has 30 heavy (non-hydrogen) atoms. The molecule has 1 heterocycles. The smallest absolute Gasteiger partial charge is 0.254 e. The van der Waals surface area contributed by atoms with Crippen molar-refractivity contribution in [2.45, 2.75) is 25.9 Å². The van der Waals surface area contributed by atoms with Crippen molar-refractivity contribution in [2.75, 3.05) is 13.1 Å². The molecule has 1 saturated heterocycles. The Balaban J connectivity index is 1.96. The van der Waals surface area contributed by atoms with E-state index in [1.807, 2.05) is 0 Å². The number of aliphatic hydroxyl groups excluding tert-OH is 1. The molecule has 0 aromatic heterocycles. The minimum Gasteiger partial charge on any atom is -0.391 e. The highest BCUT2D eigenvalue weighted by molar-refractivity contribution is 6.01. The first kappa shape index (κ1) is 21.4. The maximum atomic E-state index is 14.9. The molecule has 156 valence electrons. The molecule has 0 bridgehead atoms. The van der Waals surface area contributed by atoms with Crippen molar-refractivity contribution in [1.29, 1.82) is 0 Å². The third-order valence-electron chi connectivity index (χ3n) is 4.96. The Morgan fingerprint density at radius 3 is 2.73 bits per heavy atom. The number of likely N-dealkylation sites (tertiary alicyclic amines) is 1. The van der Waals surface area contributed by atoms with Crippen LogP contribution in [0.25, 0.3) is 16.8 Å². The van der Waals surface area contributed by atoms with E-state index >= 15 is 0 Å². The average molecular weight is 408 g/mol. The Morgan fingerprint density at radius 1 is 1.30 bits per heavy atom. The molecule has 3 N–H and O–H groups in total. The molecule has 1 aliphatic rings. The second kappa shape index (κ2) is 9.45. The van der Waals surface area contributed by atoms with Crippen molar-refractivity contribution in [3.8, 4) is 11.1 Å². The van der Waals surface area contributed by atoms with Gasteiger partial charge in [-0.15, -0.1) is 0 Å². The van der Waals surface area contributed by atoms with Gasteiger partial charge in [0.2, 0.25) is 0 Å². The molecule has 1 fully saturated rings. The lowest BCUT2D eigenvalue weighted by Gasteiger charge is -2.30. The summed E-state index contributed by atoms with van der Waals surface area (Å²) in [5, 5.41) is 9.90. The topological polar surface area (TPSA) is 91.3 Å². The van der Waals surface area contributed by atoms with E-state index in [9.17, 15) is 14.3 Å². The van der Waals surface area contributed by atoms with Gasteiger partial charge in [0, 0.05) is 24.2 Å². The predicted molar refractivity (Wildman–Crippen MR) is 118 cm³/mol. The molecule has 0 aliphatic carbocycles. The number of nitrogens with two attached hydrogens (primary N) is 1. The Morgan fingerprint density at radius 2 is 2.07 bits per heavy atom. The van der Waals surface area contributed by atoms with Crippen molar-refractivity contribution in [3.05, 3.63) is 65.6 Å². The van der Waals surface area contributed by atoms with Gasteiger partial charge in [0.1, 0.15) is 5.82 Å². The number of hydrogen-bond acceptors (Lipinski definition) is 4. The summed E-state index contributed by atoms with van der Waals surface area (Å²) in [5.41, 5.74) is 7.69. The first-order valence-electron chi connectivity index (χ1n) is 9.74. The van der Waals surface area contributed by atoms with E-state index in [0.29, 0.717) is 42.0 Å². The third-order valence-corrected chi connectivity index (χ3v) is 4.96. The lowest BCUT2D eigenvalue weighted by atomic mass is 9.96. The van der Waals surface area contributed by atoms with Crippen molar-refractivity contribution >= 4 is 24.2 Å². The van der Waals surface area contributed by atoms with Crippen LogP contribution in [0.5, 0.6) is 0 Å². The lowest BCUT2D eigenvalue weighted by molar-refractivity contribution is 0.0474. The fourth-order valence-electron chi connectivity index (χ4n) is 3.48. The van der Waals surface area contributed by atoms with Crippen LogP contribution in [0.2, 0.25) is 0 Å². The number of halogens is 1. The summed E-state index contributed by atoms with van der Waals surface area (Å²) in [7, 11) is 0. The third kappa shape index (κ3) is 4.80. The quantitative estimate of drug-likeness (QED) is 0.586. The van der Waals surface area contributed by atoms with Crippen LogP contribution in [-0.2, 0) is 0 Å². The molecule has 1 atom stereocenters. The van der Waals surface area contributed by atoms with E-state index in [1.165, 1.54) is 12.3 Å². The summed E-state index contributed by atoms with van der Waals surface area (Å²) in [6, 6.07) is 11.8. The number of carbonyl (C=O) groups is 1. The van der Waals surface area contributed by atoms with Crippen LogP contribution in [0.3, 0.4) is 0 Å². The molecule has 0 saturated carbocycles. The zero-order valence-electron chi connectivity index (χ0n) is 16.9. The number of rotatable bonds is 5. The molecular formula is C23H25FN4O2. The highest BCUT2D eigenvalue weighted by atomic mass is 19.1. The number of piperidine rings is 1. The fourth-order valence-corrected chi connectivity index (χ4v) is 3.48. The van der Waals surface area contributed by atoms with E-state index < -0.39 is 11.9 Å². The fraction of sp³-hybridized carbons (Fsp3) is 0.261. The summed E-state index contributed by atoms with van der Waals surface area (Å²) >= 11 is 0. The molecule has 3 rings (SSSR count). The van der Waals surface area contributed by atoms with Gasteiger partial charge in [0.25, 0.3) is 5.91 Å². The number of amides is 1. The maximum absolute atomic E-state index is 14.9. The van der Waals surface area contributed by atoms with Gasteiger partial charge < -0.3 is 15.7 Å². The molecular weight excluding hydrogens is 383 g/mol. The molecule has 1 aliphatic heterocycles. The zero-order valence-corrected chi connectivity index (χ0v) is 16.9. The molecule has 0 spiro atoms. The first-order valence-corrected chi connectivity index (χ1v) is 9.74. The van der Waals surface area contributed by atoms with Gasteiger partial charge in [-0.2, -0.15) is 0 Å². The Bertz CT molecular complexity index is 1010. The minimum atomic E-state index is -0.511. The van der Waals surface area contributed by atoms with Gasteiger partial charge in [-0.3, -0.25) is 9.79 Å². The van der Waals surface area contributed by atoms with Gasteiger partial charge in [-0.05, 0) is 55.8 Å². The summed E-state index contributed by atoms with van der Waals surface area (Å²) < 4.78 is 14.9. The number of carbonyl (C=O) groups excluding carboxylic acids is 1. The average Bonchev–Trinajstić information content (AvgIpc) is 2.74. The van der Waals surface area contributed by atoms with E-state index in [4.69, 9.17) is 5.73 Å². The number of nitrogens with zero attached hydrogens (tertiary/aromatic N) is 3. The van der Waals surface area contributed by atoms with Gasteiger partial charge in [-0.1, -0.05) is 24.3 Å². The SMILES string of the molecule is C=N/C(=C\N=C(C)N)c1ccc(-c2ccccc2C(=O)N2CCC[C@@H](O)C2)cc1F. The van der Waals surface area contributed by atoms with E-state index in [-0.39, 0.29) is 17.2 Å². The van der Waals surface area contributed by atoms with Gasteiger partial charge in [0.05, 0.1) is 23.8 Å². The Kier molecular flexibility index (Phi) is 6.74. The van der Waals surface area contributed by atoms with Crippen LogP contribution in [0.4, 0.5) is 4.39 Å². The predicted octanol–water partition coefficient (Wildman–Crippen LogP) is 3.47. The van der Waals surface area contributed by atoms with Crippen molar-refractivity contribution in [3.63, 3.8) is 0 Å². The number of β-amino-alcohol motifs (C(OH)–C–C–N with tert-alkyl or cyclic N) is 1. The number of hydrogen-bond donors (Lipinski definition) is 2. The van der Waals surface area contributed by atoms with Crippen LogP contribution in [-0.4, -0.2) is 47.7 Å². The highest BCUT2D eigenvalue weighted by Gasteiger charge is 2.25. The second-order valence-corrected chi connectivity index (χ2v) is 7.23. The summed E-state index contributed by atoms with van der Waals surface area (Å²) in [6.45, 7) is 5.98. The van der Waals surface area contributed by atoms with Gasteiger partial charge in [0.15, 0.2) is 0 Å². The number of amidine groups is 1. The highest BCUT2D eigenvalue weighted by Crippen LogP contribution is 2.29. The minimum absolute atomic E-state index is 0.171. The standard InChI is InChI=1S/C23H25FN4O2/c1-15(25)27-13-22(26-2)20-10-9-16(12-21(20)24)18-7-3-4-8-19(18)23(30)28-11-5-6-17(29)14-28/h3-4,7-10,12-13,17,29H,2,5-6,11,14H2,1H3,(H2,25,27)/b22-13-/t17-/m1/s1. The summed E-state index contributed by atoms with van der Waals surface area (Å²) in [5.74, 6) is -0.356. The van der Waals surface area contributed by atoms with E-state index in [2.05, 4.69) is 16.7 Å². The van der Waals surface area contributed by atoms with Gasteiger partial charge in [-0.25, -0.2) is 9.38 Å². The normalized spacial score (nSPS) is 17.7. The Labute approximate surface area is 175 Å². The largest absolute Gasteiger partial charge is 0.391 e. The molecule has 1 amide bonds. The van der Waals surface area contributed by atoms with Crippen LogP contribution >= 0.6 is 0 Å². The van der Waals surface area contributed by atoms with Crippen molar-refractivity contribution in [2.24, 2.45) is 15.7 Å². The van der Waals surface area contributed by atoms with Crippen LogP contribution < -0.4 is 5.73 Å². The van der Waals surface area contributed by atoms with Crippen LogP contribution in [0.1, 0.15) is 35.7 Å². The van der Waals surface area contributed by atoms with Crippen molar-refractivity contribution in [1.82, 2.24) is 4.90 Å². The molecule has 7 heteroatoms. The van der Waals surface area contributed by atoms with E-state index in [0.717, 1.165) is 6.42 Å². The molecule has 0 unspecified atom stereocenters. The van der Waals surface area contributed by atoms with E-state index in [1.54, 1.807) is 48.2 Å². The zero-order chi connectivity index (χ0) is 21.7. The monoisotopic (exact) mass is 408 g/mol. The van der Waals surface area contributed by atoms with Crippen LogP contribution in [0, 0.1) is 5.82 Å². The summed E-state index contributed by atoms with van der Waals surface area (Å²) in [6.07, 6.45) is 2.30. The lowest BCUT2D eigenvalue weighted by Crippen LogP contribution is -2.42. The molecule has 0 radical (unpaired) electrons. The Hall–Kier alpha value is -3.32. The number of aliphatic imine (C=N–C) groups is 2. The number of benzene rings is 2. The van der Waals surface area contributed by atoms with Crippen molar-refractivity contribution < 1.29 is 14.3 Å². The van der Waals surface area contributed by atoms with Gasteiger partial charge >= 0.3 is 0 Å². The molecule has 2 aromatic carbocycles. The number of aliphatic hydroxyl groups is 1. The second-order valence-electron chi connectivity index (χ2n) is 7.23. The maximum Gasteiger partial charge on any atom is 0.254 e. The van der Waals surface area contributed by atoms with Crippen LogP contribution in [0.15, 0.2) is 58.6 Å². The summed E-state index contributed by atoms with van der Waals surface area (Å²) in [4.78, 5) is 22.5.